The number of unbranched alkanes of at least 4 members (excludes halogenated alkanes) is 1. The number of ketones is 1. The van der Waals surface area contributed by atoms with E-state index in [1.807, 2.05) is 0 Å². The molecule has 3 rings (SSSR count). The number of esters is 1. The molecule has 3 N–H and O–H groups in total. The van der Waals surface area contributed by atoms with E-state index in [4.69, 9.17) is 9.47 Å². The fraction of sp³-hybridized carbons (Fsp3) is 0.857. The Kier molecular flexibility index (Phi) is 16.2. The number of rotatable bonds is 16. The first kappa shape index (κ1) is 36.8. The molecule has 10 heteroatoms. The molecule has 0 aromatic carbocycles. The molecular weight excluding hydrogens is 574 g/mol. The lowest BCUT2D eigenvalue weighted by atomic mass is 9.74. The number of ether oxygens (including phenoxy) is 2. The van der Waals surface area contributed by atoms with Gasteiger partial charge in [-0.25, -0.2) is 4.79 Å². The van der Waals surface area contributed by atoms with Crippen molar-refractivity contribution in [2.24, 2.45) is 29.6 Å². The first-order valence-corrected chi connectivity index (χ1v) is 17.8. The van der Waals surface area contributed by atoms with Crippen LogP contribution in [0.1, 0.15) is 130 Å². The van der Waals surface area contributed by atoms with Crippen molar-refractivity contribution in [2.75, 3.05) is 19.8 Å². The van der Waals surface area contributed by atoms with Gasteiger partial charge in [0, 0.05) is 13.5 Å². The summed E-state index contributed by atoms with van der Waals surface area (Å²) in [6.07, 6.45) is 15.4. The number of Topliss-reactive ketones (excluding diaryl/α,β-unsaturated/α-hetero) is 1. The number of amides is 3. The van der Waals surface area contributed by atoms with Crippen LogP contribution >= 0.6 is 0 Å². The largest absolute Gasteiger partial charge is 0.457 e. The number of alkyl carbamates (subject to hydrolysis) is 1. The summed E-state index contributed by atoms with van der Waals surface area (Å²) >= 11 is 0. The number of hydrogen-bond acceptors (Lipinski definition) is 7. The molecule has 0 heterocycles. The molecule has 3 fully saturated rings. The van der Waals surface area contributed by atoms with E-state index in [1.165, 1.54) is 19.8 Å². The number of hydrogen-bond donors (Lipinski definition) is 3. The molecule has 0 aromatic rings. The van der Waals surface area contributed by atoms with Gasteiger partial charge in [-0.15, -0.1) is 0 Å². The topological polar surface area (TPSA) is 140 Å². The predicted molar refractivity (Wildman–Crippen MR) is 172 cm³/mol. The molecule has 0 spiro atoms. The Labute approximate surface area is 270 Å². The lowest BCUT2D eigenvalue weighted by Crippen LogP contribution is -2.53. The first-order chi connectivity index (χ1) is 21.6. The molecule has 0 radical (unpaired) electrons. The number of carbonyl (C=O) groups excluding carboxylic acids is 5. The van der Waals surface area contributed by atoms with Crippen LogP contribution in [0.4, 0.5) is 4.79 Å². The summed E-state index contributed by atoms with van der Waals surface area (Å²) in [5.41, 5.74) is 0. The van der Waals surface area contributed by atoms with E-state index in [0.717, 1.165) is 70.6 Å². The van der Waals surface area contributed by atoms with Gasteiger partial charge in [-0.2, -0.15) is 0 Å². The summed E-state index contributed by atoms with van der Waals surface area (Å²) < 4.78 is 11.1. The van der Waals surface area contributed by atoms with Crippen LogP contribution in [0.25, 0.3) is 0 Å². The van der Waals surface area contributed by atoms with Gasteiger partial charge in [-0.3, -0.25) is 19.2 Å². The molecule has 0 aliphatic heterocycles. The summed E-state index contributed by atoms with van der Waals surface area (Å²) in [4.78, 5) is 64.3. The van der Waals surface area contributed by atoms with Crippen molar-refractivity contribution in [1.29, 1.82) is 0 Å². The van der Waals surface area contributed by atoms with Crippen LogP contribution in [-0.4, -0.2) is 61.5 Å². The average molecular weight is 634 g/mol. The van der Waals surface area contributed by atoms with Crippen molar-refractivity contribution in [3.8, 4) is 0 Å². The second-order valence-corrected chi connectivity index (χ2v) is 14.1. The highest BCUT2D eigenvalue weighted by Gasteiger charge is 2.36. The quantitative estimate of drug-likeness (QED) is 0.148. The van der Waals surface area contributed by atoms with Gasteiger partial charge < -0.3 is 25.4 Å². The Morgan fingerprint density at radius 2 is 1.33 bits per heavy atom. The smallest absolute Gasteiger partial charge is 0.407 e. The molecule has 0 aromatic heterocycles. The van der Waals surface area contributed by atoms with Gasteiger partial charge in [0.15, 0.2) is 12.4 Å². The van der Waals surface area contributed by atoms with Crippen LogP contribution in [0.2, 0.25) is 0 Å². The number of nitrogens with one attached hydrogen (secondary N) is 3. The van der Waals surface area contributed by atoms with Crippen LogP contribution < -0.4 is 16.0 Å². The first-order valence-electron chi connectivity index (χ1n) is 17.8. The maximum Gasteiger partial charge on any atom is 0.407 e. The average Bonchev–Trinajstić information content (AvgIpc) is 3.02. The molecular formula is C35H59N3O7. The Morgan fingerprint density at radius 1 is 0.711 bits per heavy atom. The van der Waals surface area contributed by atoms with Gasteiger partial charge in [0.1, 0.15) is 6.04 Å². The second kappa shape index (κ2) is 19.8. The van der Waals surface area contributed by atoms with Gasteiger partial charge in [0.05, 0.1) is 18.6 Å². The zero-order valence-electron chi connectivity index (χ0n) is 28.0. The molecule has 0 bridgehead atoms. The fourth-order valence-electron chi connectivity index (χ4n) is 7.53. The third-order valence-electron chi connectivity index (χ3n) is 10.2. The Bertz CT molecular complexity index is 951. The van der Waals surface area contributed by atoms with E-state index in [1.54, 1.807) is 0 Å². The molecule has 3 aliphatic carbocycles. The molecule has 0 saturated heterocycles. The molecule has 3 saturated carbocycles. The highest BCUT2D eigenvalue weighted by atomic mass is 16.5. The van der Waals surface area contributed by atoms with E-state index < -0.39 is 30.7 Å². The fourth-order valence-corrected chi connectivity index (χ4v) is 7.53. The van der Waals surface area contributed by atoms with Crippen molar-refractivity contribution in [1.82, 2.24) is 16.0 Å². The van der Waals surface area contributed by atoms with Gasteiger partial charge in [-0.05, 0) is 75.0 Å². The molecule has 10 nitrogen and oxygen atoms in total. The van der Waals surface area contributed by atoms with E-state index in [2.05, 4.69) is 29.8 Å². The predicted octanol–water partition coefficient (Wildman–Crippen LogP) is 5.61. The highest BCUT2D eigenvalue weighted by molar-refractivity contribution is 5.93. The zero-order valence-corrected chi connectivity index (χ0v) is 28.0. The van der Waals surface area contributed by atoms with Gasteiger partial charge in [0.2, 0.25) is 11.8 Å². The van der Waals surface area contributed by atoms with E-state index >= 15 is 0 Å². The van der Waals surface area contributed by atoms with Crippen LogP contribution in [0.5, 0.6) is 0 Å². The van der Waals surface area contributed by atoms with E-state index in [-0.39, 0.29) is 35.4 Å². The summed E-state index contributed by atoms with van der Waals surface area (Å²) in [6.45, 7) is 5.98. The molecule has 4 unspecified atom stereocenters. The second-order valence-electron chi connectivity index (χ2n) is 14.1. The molecule has 256 valence electrons. The lowest BCUT2D eigenvalue weighted by Gasteiger charge is -2.32. The van der Waals surface area contributed by atoms with Crippen molar-refractivity contribution in [3.63, 3.8) is 0 Å². The van der Waals surface area contributed by atoms with Crippen molar-refractivity contribution in [3.05, 3.63) is 0 Å². The number of carbonyl (C=O) groups is 5. The summed E-state index contributed by atoms with van der Waals surface area (Å²) in [5.74, 6) is -0.439. The van der Waals surface area contributed by atoms with E-state index in [9.17, 15) is 24.0 Å². The minimum Gasteiger partial charge on any atom is -0.457 e. The molecule has 4 atom stereocenters. The SMILES string of the molecule is CC(=O)NCCCCC(NC(=O)C(CC1CCCCC1)NC(=O)OCC1CCCCC1)C(=O)COC(=O)C1C(C)CCCC1C. The summed E-state index contributed by atoms with van der Waals surface area (Å²) in [7, 11) is 0. The van der Waals surface area contributed by atoms with Crippen LogP contribution in [-0.2, 0) is 28.7 Å². The lowest BCUT2D eigenvalue weighted by molar-refractivity contribution is -0.157. The van der Waals surface area contributed by atoms with Gasteiger partial charge in [-0.1, -0.05) is 71.6 Å². The van der Waals surface area contributed by atoms with E-state index in [0.29, 0.717) is 50.7 Å². The Balaban J connectivity index is 1.63. The maximum absolute atomic E-state index is 13.7. The Hall–Kier alpha value is -2.65. The zero-order chi connectivity index (χ0) is 32.6. The maximum atomic E-state index is 13.7. The van der Waals surface area contributed by atoms with Gasteiger partial charge in [0.25, 0.3) is 0 Å². The van der Waals surface area contributed by atoms with Crippen molar-refractivity contribution < 1.29 is 33.4 Å². The standard InChI is InChI=1S/C35H59N3O7/c1-24-13-12-14-25(2)32(24)34(42)44-23-31(40)29(19-10-11-20-36-26(3)39)37-33(41)30(21-27-15-6-4-7-16-27)38-35(43)45-22-28-17-8-5-9-18-28/h24-25,27-30,32H,4-23H2,1-3H3,(H,36,39)(H,37,41)(H,38,43). The van der Waals surface area contributed by atoms with Crippen molar-refractivity contribution >= 4 is 29.7 Å². The van der Waals surface area contributed by atoms with Crippen molar-refractivity contribution in [2.45, 2.75) is 142 Å². The highest BCUT2D eigenvalue weighted by Crippen LogP contribution is 2.35. The summed E-state index contributed by atoms with van der Waals surface area (Å²) in [5, 5.41) is 8.48. The normalized spacial score (nSPS) is 24.1. The minimum absolute atomic E-state index is 0.124. The third-order valence-corrected chi connectivity index (χ3v) is 10.2. The monoisotopic (exact) mass is 633 g/mol. The molecule has 3 aliphatic rings. The third kappa shape index (κ3) is 13.3. The minimum atomic E-state index is -0.877. The molecule has 3 amide bonds. The van der Waals surface area contributed by atoms with Crippen LogP contribution in [0, 0.1) is 29.6 Å². The van der Waals surface area contributed by atoms with Crippen LogP contribution in [0.15, 0.2) is 0 Å². The van der Waals surface area contributed by atoms with Crippen LogP contribution in [0.3, 0.4) is 0 Å². The molecule has 45 heavy (non-hydrogen) atoms. The van der Waals surface area contributed by atoms with Gasteiger partial charge >= 0.3 is 12.1 Å². The summed E-state index contributed by atoms with van der Waals surface area (Å²) in [6, 6.07) is -1.70. The Morgan fingerprint density at radius 3 is 1.96 bits per heavy atom.